The lowest BCUT2D eigenvalue weighted by molar-refractivity contribution is -0.200. The van der Waals surface area contributed by atoms with E-state index < -0.39 is 11.6 Å². The lowest BCUT2D eigenvalue weighted by Crippen LogP contribution is -2.66. The number of hydrogen-bond donors (Lipinski definition) is 2. The molecule has 0 aromatic carbocycles. The van der Waals surface area contributed by atoms with Gasteiger partial charge in [0.2, 0.25) is 0 Å². The van der Waals surface area contributed by atoms with Crippen molar-refractivity contribution in [3.63, 3.8) is 0 Å². The molecule has 1 spiro atoms. The smallest absolute Gasteiger partial charge is 0.329 e. The van der Waals surface area contributed by atoms with Crippen LogP contribution < -0.4 is 5.32 Å². The molecular weight excluding hydrogens is 312 g/mol. The molecule has 0 radical (unpaired) electrons. The zero-order valence-electron chi connectivity index (χ0n) is 10.4. The Hall–Kier alpha value is -0.980. The van der Waals surface area contributed by atoms with E-state index in [9.17, 15) is 4.79 Å². The van der Waals surface area contributed by atoms with Gasteiger partial charge in [-0.1, -0.05) is 0 Å². The molecule has 0 amide bonds. The number of halogens is 1. The van der Waals surface area contributed by atoms with Gasteiger partial charge in [0, 0.05) is 40.9 Å². The highest BCUT2D eigenvalue weighted by molar-refractivity contribution is 9.10. The molecule has 0 bridgehead atoms. The van der Waals surface area contributed by atoms with Crippen molar-refractivity contribution >= 4 is 21.9 Å². The van der Waals surface area contributed by atoms with Crippen molar-refractivity contribution in [1.29, 1.82) is 0 Å². The second-order valence-electron chi connectivity index (χ2n) is 5.49. The molecule has 5 nitrogen and oxygen atoms in total. The minimum Gasteiger partial charge on any atom is -0.480 e. The zero-order valence-corrected chi connectivity index (χ0v) is 11.9. The van der Waals surface area contributed by atoms with Crippen LogP contribution in [0.1, 0.15) is 18.4 Å². The highest BCUT2D eigenvalue weighted by Gasteiger charge is 2.59. The van der Waals surface area contributed by atoms with Crippen LogP contribution >= 0.6 is 15.9 Å². The van der Waals surface area contributed by atoms with Crippen molar-refractivity contribution in [1.82, 2.24) is 10.3 Å². The van der Waals surface area contributed by atoms with Gasteiger partial charge in [-0.25, -0.2) is 4.79 Å². The summed E-state index contributed by atoms with van der Waals surface area (Å²) in [5.74, 6) is -0.933. The zero-order chi connectivity index (χ0) is 13.5. The van der Waals surface area contributed by atoms with Gasteiger partial charge in [-0.3, -0.25) is 4.98 Å². The van der Waals surface area contributed by atoms with E-state index in [1.54, 1.807) is 12.4 Å². The Bertz CT molecular complexity index is 508. The number of nitrogens with zero attached hydrogens (tertiary/aromatic N) is 1. The van der Waals surface area contributed by atoms with Gasteiger partial charge in [0.05, 0.1) is 5.60 Å². The molecule has 1 aromatic heterocycles. The molecule has 2 N–H and O–H groups in total. The van der Waals surface area contributed by atoms with Crippen LogP contribution in [0.4, 0.5) is 0 Å². The van der Waals surface area contributed by atoms with Gasteiger partial charge in [-0.2, -0.15) is 0 Å². The van der Waals surface area contributed by atoms with Crippen molar-refractivity contribution in [2.24, 2.45) is 5.41 Å². The third-order valence-electron chi connectivity index (χ3n) is 4.06. The summed E-state index contributed by atoms with van der Waals surface area (Å²) >= 11 is 3.49. The van der Waals surface area contributed by atoms with Gasteiger partial charge in [0.1, 0.15) is 6.61 Å². The minimum atomic E-state index is -0.933. The predicted molar refractivity (Wildman–Crippen MR) is 71.7 cm³/mol. The maximum absolute atomic E-state index is 10.8. The quantitative estimate of drug-likeness (QED) is 0.877. The summed E-state index contributed by atoms with van der Waals surface area (Å²) in [7, 11) is 0. The number of nitrogens with one attached hydrogen (secondary N) is 1. The monoisotopic (exact) mass is 326 g/mol. The van der Waals surface area contributed by atoms with Gasteiger partial charge in [-0.15, -0.1) is 0 Å². The molecule has 2 fully saturated rings. The molecule has 1 aromatic rings. The third kappa shape index (κ3) is 2.17. The fourth-order valence-electron chi connectivity index (χ4n) is 3.20. The summed E-state index contributed by atoms with van der Waals surface area (Å²) < 4.78 is 6.62. The molecular formula is C13H15BrN2O3. The molecule has 6 heteroatoms. The number of carboxylic acid groups (broad SMARTS) is 1. The normalized spacial score (nSPS) is 22.6. The van der Waals surface area contributed by atoms with E-state index in [0.29, 0.717) is 5.41 Å². The summed E-state index contributed by atoms with van der Waals surface area (Å²) in [5, 5.41) is 12.1. The largest absolute Gasteiger partial charge is 0.480 e. The number of rotatable bonds is 4. The first-order chi connectivity index (χ1) is 9.05. The molecule has 1 saturated carbocycles. The van der Waals surface area contributed by atoms with E-state index in [1.807, 2.05) is 6.07 Å². The van der Waals surface area contributed by atoms with Gasteiger partial charge in [0.15, 0.2) is 0 Å². The molecule has 1 saturated heterocycles. The van der Waals surface area contributed by atoms with E-state index in [-0.39, 0.29) is 6.61 Å². The number of hydrogen-bond acceptors (Lipinski definition) is 4. The molecule has 1 aliphatic carbocycles. The Balaban J connectivity index is 1.85. The van der Waals surface area contributed by atoms with Crippen molar-refractivity contribution in [2.45, 2.75) is 18.4 Å². The van der Waals surface area contributed by atoms with E-state index in [1.165, 1.54) is 0 Å². The predicted octanol–water partition coefficient (Wildman–Crippen LogP) is 1.52. The summed E-state index contributed by atoms with van der Waals surface area (Å²) in [6, 6.07) is 1.91. The summed E-state index contributed by atoms with van der Waals surface area (Å²) in [4.78, 5) is 14.8. The number of pyridine rings is 1. The number of ether oxygens (including phenoxy) is 1. The van der Waals surface area contributed by atoms with Gasteiger partial charge < -0.3 is 15.2 Å². The molecule has 2 heterocycles. The number of aliphatic carboxylic acids is 1. The van der Waals surface area contributed by atoms with E-state index in [4.69, 9.17) is 9.84 Å². The van der Waals surface area contributed by atoms with E-state index in [2.05, 4.69) is 26.2 Å². The average Bonchev–Trinajstić information content (AvgIpc) is 2.27. The van der Waals surface area contributed by atoms with Crippen molar-refractivity contribution in [3.8, 4) is 0 Å². The number of aromatic nitrogens is 1. The second-order valence-corrected chi connectivity index (χ2v) is 6.34. The van der Waals surface area contributed by atoms with Crippen LogP contribution in [0.25, 0.3) is 0 Å². The lowest BCUT2D eigenvalue weighted by atomic mass is 9.54. The van der Waals surface area contributed by atoms with Crippen molar-refractivity contribution < 1.29 is 14.6 Å². The van der Waals surface area contributed by atoms with E-state index >= 15 is 0 Å². The second kappa shape index (κ2) is 4.54. The van der Waals surface area contributed by atoms with Crippen LogP contribution in [0.5, 0.6) is 0 Å². The van der Waals surface area contributed by atoms with Crippen LogP contribution in [0.15, 0.2) is 22.9 Å². The molecule has 2 aliphatic rings. The Morgan fingerprint density at radius 1 is 1.53 bits per heavy atom. The summed E-state index contributed by atoms with van der Waals surface area (Å²) in [6.07, 6.45) is 5.17. The van der Waals surface area contributed by atoms with Gasteiger partial charge in [-0.05, 0) is 34.8 Å². The minimum absolute atomic E-state index is 0.266. The van der Waals surface area contributed by atoms with E-state index in [0.717, 1.165) is 36.0 Å². The van der Waals surface area contributed by atoms with Crippen LogP contribution in [0.2, 0.25) is 0 Å². The van der Waals surface area contributed by atoms with Gasteiger partial charge in [0.25, 0.3) is 0 Å². The Morgan fingerprint density at radius 3 is 2.79 bits per heavy atom. The first-order valence-electron chi connectivity index (χ1n) is 6.22. The fraction of sp³-hybridized carbons (Fsp3) is 0.538. The Labute approximate surface area is 119 Å². The number of carboxylic acids is 1. The Morgan fingerprint density at radius 2 is 2.26 bits per heavy atom. The highest BCUT2D eigenvalue weighted by Crippen LogP contribution is 2.59. The average molecular weight is 327 g/mol. The van der Waals surface area contributed by atoms with Crippen LogP contribution in [0.3, 0.4) is 0 Å². The number of carbonyl (C=O) groups is 1. The first kappa shape index (κ1) is 13.0. The highest BCUT2D eigenvalue weighted by atomic mass is 79.9. The summed E-state index contributed by atoms with van der Waals surface area (Å²) in [5.41, 5.74) is 0.810. The van der Waals surface area contributed by atoms with Gasteiger partial charge >= 0.3 is 5.97 Å². The molecule has 102 valence electrons. The van der Waals surface area contributed by atoms with Crippen molar-refractivity contribution in [2.75, 3.05) is 19.7 Å². The van der Waals surface area contributed by atoms with Crippen LogP contribution in [-0.2, 0) is 15.1 Å². The third-order valence-corrected chi connectivity index (χ3v) is 4.69. The van der Waals surface area contributed by atoms with Crippen molar-refractivity contribution in [3.05, 3.63) is 28.5 Å². The maximum atomic E-state index is 10.8. The maximum Gasteiger partial charge on any atom is 0.329 e. The topological polar surface area (TPSA) is 71.5 Å². The standard InChI is InChI=1S/C13H15BrN2O3/c14-10-3-15-2-1-9(10)13(19-4-11(17)18)5-12(6-13)7-16-8-12/h1-3,16H,4-8H2,(H,17,18). The molecule has 19 heavy (non-hydrogen) atoms. The first-order valence-corrected chi connectivity index (χ1v) is 7.01. The lowest BCUT2D eigenvalue weighted by Gasteiger charge is -2.60. The van der Waals surface area contributed by atoms with Crippen LogP contribution in [-0.4, -0.2) is 35.8 Å². The summed E-state index contributed by atoms with van der Waals surface area (Å²) in [6.45, 7) is 1.72. The Kier molecular flexibility index (Phi) is 3.11. The molecule has 1 aliphatic heterocycles. The van der Waals surface area contributed by atoms with Crippen LogP contribution in [0, 0.1) is 5.41 Å². The SMILES string of the molecule is O=C(O)COC1(c2ccncc2Br)CC2(CNC2)C1. The molecule has 0 atom stereocenters. The fourth-order valence-corrected chi connectivity index (χ4v) is 3.81. The molecule has 0 unspecified atom stereocenters. The molecule has 3 rings (SSSR count).